The molecular weight excluding hydrogens is 436 g/mol. The predicted molar refractivity (Wildman–Crippen MR) is 122 cm³/mol. The van der Waals surface area contributed by atoms with Crippen LogP contribution in [0.25, 0.3) is 11.6 Å². The normalized spacial score (nSPS) is 14.8. The van der Waals surface area contributed by atoms with Gasteiger partial charge in [-0.05, 0) is 50.1 Å². The zero-order chi connectivity index (χ0) is 23.6. The van der Waals surface area contributed by atoms with E-state index in [-0.39, 0.29) is 19.1 Å². The highest BCUT2D eigenvalue weighted by atomic mass is 32.3. The molecular formula is C21H26N4O6S. The Morgan fingerprint density at radius 3 is 2.59 bits per heavy atom. The number of amides is 2. The SMILES string of the molecule is CCOC(=O)CNC(=O)c1c[nH]c(/C=C2\C(=O)Nc3ccc(S(O)(O)NC)c(C)c32)c1C. The molecule has 2 amide bonds. The van der Waals surface area contributed by atoms with Crippen LogP contribution in [0.15, 0.2) is 23.2 Å². The first-order valence-corrected chi connectivity index (χ1v) is 11.4. The lowest BCUT2D eigenvalue weighted by Gasteiger charge is -2.33. The van der Waals surface area contributed by atoms with Gasteiger partial charge in [-0.1, -0.05) is 0 Å². The minimum absolute atomic E-state index is 0.226. The molecule has 1 aliphatic heterocycles. The number of carbonyl (C=O) groups excluding carboxylic acids is 3. The average molecular weight is 463 g/mol. The zero-order valence-electron chi connectivity index (χ0n) is 18.2. The molecule has 0 saturated carbocycles. The number of aromatic nitrogens is 1. The van der Waals surface area contributed by atoms with Gasteiger partial charge in [0.2, 0.25) is 0 Å². The number of rotatable bonds is 7. The summed E-state index contributed by atoms with van der Waals surface area (Å²) in [4.78, 5) is 39.8. The smallest absolute Gasteiger partial charge is 0.325 e. The highest BCUT2D eigenvalue weighted by molar-refractivity contribution is 8.22. The third-order valence-electron chi connectivity index (χ3n) is 5.18. The summed E-state index contributed by atoms with van der Waals surface area (Å²) in [5.41, 5.74) is 3.46. The first-order valence-electron chi connectivity index (χ1n) is 9.86. The van der Waals surface area contributed by atoms with Gasteiger partial charge in [0, 0.05) is 30.2 Å². The van der Waals surface area contributed by atoms with Crippen molar-refractivity contribution in [3.8, 4) is 0 Å². The van der Waals surface area contributed by atoms with E-state index in [0.29, 0.717) is 44.1 Å². The van der Waals surface area contributed by atoms with Crippen molar-refractivity contribution in [1.82, 2.24) is 15.0 Å². The van der Waals surface area contributed by atoms with Gasteiger partial charge in [0.25, 0.3) is 11.8 Å². The Balaban J connectivity index is 1.94. The summed E-state index contributed by atoms with van der Waals surface area (Å²) in [6.07, 6.45) is 3.11. The number of fused-ring (bicyclic) bond motifs is 1. The van der Waals surface area contributed by atoms with Gasteiger partial charge < -0.3 is 20.4 Å². The fourth-order valence-electron chi connectivity index (χ4n) is 3.50. The average Bonchev–Trinajstić information content (AvgIpc) is 3.27. The van der Waals surface area contributed by atoms with Crippen molar-refractivity contribution in [1.29, 1.82) is 0 Å². The van der Waals surface area contributed by atoms with E-state index in [1.165, 1.54) is 13.2 Å². The van der Waals surface area contributed by atoms with Gasteiger partial charge >= 0.3 is 5.97 Å². The Labute approximate surface area is 186 Å². The van der Waals surface area contributed by atoms with Crippen LogP contribution in [0.2, 0.25) is 0 Å². The van der Waals surface area contributed by atoms with Crippen molar-refractivity contribution >= 4 is 45.9 Å². The maximum atomic E-state index is 12.7. The second-order valence-corrected chi connectivity index (χ2v) is 9.05. The molecule has 0 unspecified atom stereocenters. The van der Waals surface area contributed by atoms with Crippen molar-refractivity contribution in [2.45, 2.75) is 25.7 Å². The zero-order valence-corrected chi connectivity index (χ0v) is 19.0. The number of aromatic amines is 1. The number of hydrogen-bond acceptors (Lipinski definition) is 7. The van der Waals surface area contributed by atoms with Crippen molar-refractivity contribution in [2.24, 2.45) is 0 Å². The molecule has 0 aliphatic carbocycles. The van der Waals surface area contributed by atoms with Crippen LogP contribution in [-0.4, -0.2) is 52.1 Å². The molecule has 0 atom stereocenters. The first-order chi connectivity index (χ1) is 15.1. The number of ether oxygens (including phenoxy) is 1. The number of carbonyl (C=O) groups is 3. The number of H-pyrrole nitrogens is 1. The lowest BCUT2D eigenvalue weighted by Crippen LogP contribution is -2.30. The number of hydrogen-bond donors (Lipinski definition) is 6. The Hall–Kier alpha value is -3.12. The molecule has 3 rings (SSSR count). The van der Waals surface area contributed by atoms with Crippen LogP contribution >= 0.6 is 10.8 Å². The van der Waals surface area contributed by atoms with E-state index in [1.807, 2.05) is 0 Å². The fraction of sp³-hybridized carbons (Fsp3) is 0.286. The molecule has 1 aromatic heterocycles. The van der Waals surface area contributed by atoms with Crippen molar-refractivity contribution < 1.29 is 28.2 Å². The molecule has 32 heavy (non-hydrogen) atoms. The Morgan fingerprint density at radius 1 is 1.22 bits per heavy atom. The lowest BCUT2D eigenvalue weighted by molar-refractivity contribution is -0.141. The number of anilines is 1. The Bertz CT molecular complexity index is 1120. The van der Waals surface area contributed by atoms with E-state index in [0.717, 1.165) is 0 Å². The molecule has 2 heterocycles. The third kappa shape index (κ3) is 4.41. The summed E-state index contributed by atoms with van der Waals surface area (Å²) in [5.74, 6) is -1.33. The van der Waals surface area contributed by atoms with Crippen molar-refractivity contribution in [3.63, 3.8) is 0 Å². The summed E-state index contributed by atoms with van der Waals surface area (Å²) in [7, 11) is -1.77. The van der Waals surface area contributed by atoms with E-state index < -0.39 is 22.7 Å². The molecule has 0 spiro atoms. The van der Waals surface area contributed by atoms with Crippen LogP contribution in [-0.2, 0) is 14.3 Å². The molecule has 10 nitrogen and oxygen atoms in total. The van der Waals surface area contributed by atoms with E-state index in [9.17, 15) is 23.5 Å². The van der Waals surface area contributed by atoms with Gasteiger partial charge in [0.15, 0.2) is 0 Å². The molecule has 1 aromatic carbocycles. The molecule has 172 valence electrons. The minimum atomic E-state index is -3.21. The first kappa shape index (κ1) is 23.5. The minimum Gasteiger partial charge on any atom is -0.465 e. The van der Waals surface area contributed by atoms with E-state index in [2.05, 4.69) is 20.3 Å². The maximum Gasteiger partial charge on any atom is 0.325 e. The van der Waals surface area contributed by atoms with Crippen molar-refractivity contribution in [3.05, 3.63) is 46.3 Å². The summed E-state index contributed by atoms with van der Waals surface area (Å²) in [6, 6.07) is 3.19. The van der Waals surface area contributed by atoms with Crippen LogP contribution in [0.5, 0.6) is 0 Å². The van der Waals surface area contributed by atoms with Gasteiger partial charge in [0.05, 0.1) is 22.6 Å². The van der Waals surface area contributed by atoms with Gasteiger partial charge in [-0.25, -0.2) is 4.72 Å². The fourth-order valence-corrected chi connectivity index (χ4v) is 4.51. The van der Waals surface area contributed by atoms with Gasteiger partial charge in [-0.2, -0.15) is 0 Å². The standard InChI is InChI=1S/C21H26N4O6S/c1-5-31-18(26)10-24-20(27)14-9-23-16(11(14)2)8-13-19-12(3)17(32(29,30)22-4)7-6-15(19)25-21(13)28/h6-9,22-23,29-30H,5,10H2,1-4H3,(H,24,27)(H,25,28)/b13-8-. The Morgan fingerprint density at radius 2 is 1.94 bits per heavy atom. The summed E-state index contributed by atoms with van der Waals surface area (Å²) in [5, 5.41) is 5.27. The van der Waals surface area contributed by atoms with Crippen LogP contribution in [0, 0.1) is 13.8 Å². The number of esters is 1. The molecule has 11 heteroatoms. The molecule has 0 fully saturated rings. The van der Waals surface area contributed by atoms with E-state index >= 15 is 0 Å². The topological polar surface area (TPSA) is 153 Å². The largest absolute Gasteiger partial charge is 0.465 e. The highest BCUT2D eigenvalue weighted by Gasteiger charge is 2.30. The Kier molecular flexibility index (Phi) is 6.74. The summed E-state index contributed by atoms with van der Waals surface area (Å²) in [6.45, 7) is 5.09. The van der Waals surface area contributed by atoms with E-state index in [4.69, 9.17) is 4.74 Å². The van der Waals surface area contributed by atoms with Crippen LogP contribution in [0.3, 0.4) is 0 Å². The second-order valence-electron chi connectivity index (χ2n) is 7.11. The molecule has 0 radical (unpaired) electrons. The van der Waals surface area contributed by atoms with Crippen LogP contribution in [0.4, 0.5) is 5.69 Å². The summed E-state index contributed by atoms with van der Waals surface area (Å²) < 4.78 is 27.9. The third-order valence-corrected chi connectivity index (χ3v) is 6.81. The highest BCUT2D eigenvalue weighted by Crippen LogP contribution is 2.49. The number of nitrogens with one attached hydrogen (secondary N) is 4. The van der Waals surface area contributed by atoms with Crippen LogP contribution < -0.4 is 15.4 Å². The predicted octanol–water partition coefficient (Wildman–Crippen LogP) is 2.66. The lowest BCUT2D eigenvalue weighted by atomic mass is 9.99. The van der Waals surface area contributed by atoms with E-state index in [1.54, 1.807) is 39.0 Å². The van der Waals surface area contributed by atoms with Gasteiger partial charge in [-0.15, -0.1) is 10.8 Å². The van der Waals surface area contributed by atoms with Gasteiger partial charge in [-0.3, -0.25) is 23.5 Å². The van der Waals surface area contributed by atoms with Gasteiger partial charge in [0.1, 0.15) is 6.54 Å². The quantitative estimate of drug-likeness (QED) is 0.273. The van der Waals surface area contributed by atoms with Crippen molar-refractivity contribution in [2.75, 3.05) is 25.5 Å². The summed E-state index contributed by atoms with van der Waals surface area (Å²) >= 11 is 0. The molecule has 0 saturated heterocycles. The molecule has 2 aromatic rings. The number of benzene rings is 1. The maximum absolute atomic E-state index is 12.7. The monoisotopic (exact) mass is 462 g/mol. The second kappa shape index (κ2) is 9.17. The molecule has 6 N–H and O–H groups in total. The molecule has 0 bridgehead atoms. The van der Waals surface area contributed by atoms with Crippen LogP contribution in [0.1, 0.15) is 39.7 Å². The molecule has 1 aliphatic rings.